The second-order valence-electron chi connectivity index (χ2n) is 5.65. The maximum atomic E-state index is 12.1. The van der Waals surface area contributed by atoms with E-state index in [-0.39, 0.29) is 5.91 Å². The van der Waals surface area contributed by atoms with Crippen molar-refractivity contribution < 1.29 is 4.79 Å². The van der Waals surface area contributed by atoms with Gasteiger partial charge in [-0.3, -0.25) is 4.79 Å². The van der Waals surface area contributed by atoms with Crippen molar-refractivity contribution >= 4 is 29.2 Å². The van der Waals surface area contributed by atoms with Crippen LogP contribution in [0.15, 0.2) is 96.0 Å². The van der Waals surface area contributed by atoms with Crippen LogP contribution < -0.4 is 11.1 Å². The number of nitrogens with zero attached hydrogens (tertiary/aromatic N) is 1. The third-order valence-corrected chi connectivity index (χ3v) is 3.66. The highest BCUT2D eigenvalue weighted by atomic mass is 16.1. The fourth-order valence-electron chi connectivity index (χ4n) is 2.39. The Bertz CT molecular complexity index is 932. The fraction of sp³-hybridized carbons (Fsp3) is 0. The third kappa shape index (κ3) is 4.92. The lowest BCUT2D eigenvalue weighted by molar-refractivity contribution is -0.111. The Labute approximate surface area is 152 Å². The highest BCUT2D eigenvalue weighted by Gasteiger charge is 2.01. The van der Waals surface area contributed by atoms with Crippen LogP contribution in [0.2, 0.25) is 0 Å². The minimum absolute atomic E-state index is 0.203. The first-order chi connectivity index (χ1) is 12.7. The molecule has 0 bridgehead atoms. The molecular weight excluding hydrogens is 322 g/mol. The van der Waals surface area contributed by atoms with Crippen LogP contribution in [-0.4, -0.2) is 11.7 Å². The average Bonchev–Trinajstić information content (AvgIpc) is 2.68. The molecule has 0 saturated heterocycles. The normalized spacial score (nSPS) is 11.5. The molecule has 3 rings (SSSR count). The molecule has 0 aliphatic heterocycles. The van der Waals surface area contributed by atoms with Gasteiger partial charge in [0.1, 0.15) is 5.84 Å². The lowest BCUT2D eigenvalue weighted by Crippen LogP contribution is -2.12. The second kappa shape index (κ2) is 8.44. The molecule has 128 valence electrons. The van der Waals surface area contributed by atoms with Gasteiger partial charge in [-0.15, -0.1) is 0 Å². The molecule has 4 nitrogen and oxygen atoms in total. The topological polar surface area (TPSA) is 67.5 Å². The molecule has 0 unspecified atom stereocenters. The zero-order valence-corrected chi connectivity index (χ0v) is 14.2. The summed E-state index contributed by atoms with van der Waals surface area (Å²) in [5, 5.41) is 2.83. The molecule has 0 spiro atoms. The number of benzene rings is 3. The number of amidine groups is 1. The van der Waals surface area contributed by atoms with E-state index in [1.807, 2.05) is 78.9 Å². The summed E-state index contributed by atoms with van der Waals surface area (Å²) < 4.78 is 0. The van der Waals surface area contributed by atoms with Crippen molar-refractivity contribution in [1.29, 1.82) is 0 Å². The third-order valence-electron chi connectivity index (χ3n) is 3.66. The summed E-state index contributed by atoms with van der Waals surface area (Å²) in [4.78, 5) is 16.5. The van der Waals surface area contributed by atoms with E-state index in [1.165, 1.54) is 6.08 Å². The Hall–Kier alpha value is -3.66. The van der Waals surface area contributed by atoms with E-state index in [0.717, 1.165) is 11.1 Å². The predicted molar refractivity (Wildman–Crippen MR) is 107 cm³/mol. The van der Waals surface area contributed by atoms with Gasteiger partial charge in [0.05, 0.1) is 5.69 Å². The minimum Gasteiger partial charge on any atom is -0.383 e. The van der Waals surface area contributed by atoms with Gasteiger partial charge in [0.2, 0.25) is 5.91 Å². The Morgan fingerprint density at radius 1 is 0.885 bits per heavy atom. The molecule has 1 amide bonds. The first kappa shape index (κ1) is 17.2. The van der Waals surface area contributed by atoms with Gasteiger partial charge in [0, 0.05) is 17.3 Å². The summed E-state index contributed by atoms with van der Waals surface area (Å²) in [6.45, 7) is 0. The fourth-order valence-corrected chi connectivity index (χ4v) is 2.39. The smallest absolute Gasteiger partial charge is 0.248 e. The number of hydrogen-bond acceptors (Lipinski definition) is 2. The molecule has 3 N–H and O–H groups in total. The van der Waals surface area contributed by atoms with E-state index in [2.05, 4.69) is 10.3 Å². The van der Waals surface area contributed by atoms with Gasteiger partial charge in [-0.05, 0) is 29.8 Å². The van der Waals surface area contributed by atoms with Crippen molar-refractivity contribution in [3.8, 4) is 0 Å². The number of aliphatic imine (C=N–C) groups is 1. The lowest BCUT2D eigenvalue weighted by atomic mass is 10.2. The van der Waals surface area contributed by atoms with Gasteiger partial charge < -0.3 is 11.1 Å². The molecule has 0 saturated carbocycles. The number of carbonyl (C=O) groups is 1. The van der Waals surface area contributed by atoms with E-state index >= 15 is 0 Å². The summed E-state index contributed by atoms with van der Waals surface area (Å²) in [6.07, 6.45) is 3.27. The van der Waals surface area contributed by atoms with Crippen LogP contribution >= 0.6 is 0 Å². The summed E-state index contributed by atoms with van der Waals surface area (Å²) in [5.74, 6) is 0.226. The van der Waals surface area contributed by atoms with Crippen LogP contribution in [-0.2, 0) is 4.79 Å². The zero-order chi connectivity index (χ0) is 18.2. The SMILES string of the molecule is NC(=Nc1cccc(NC(=O)/C=C/c2ccccc2)c1)c1ccccc1. The molecule has 0 heterocycles. The van der Waals surface area contributed by atoms with Gasteiger partial charge in [-0.25, -0.2) is 4.99 Å². The van der Waals surface area contributed by atoms with Crippen molar-refractivity contribution in [2.45, 2.75) is 0 Å². The molecule has 3 aromatic rings. The van der Waals surface area contributed by atoms with Crippen LogP contribution in [0.4, 0.5) is 11.4 Å². The van der Waals surface area contributed by atoms with Crippen molar-refractivity contribution in [3.63, 3.8) is 0 Å². The largest absolute Gasteiger partial charge is 0.383 e. The van der Waals surface area contributed by atoms with Crippen molar-refractivity contribution in [3.05, 3.63) is 102 Å². The first-order valence-corrected chi connectivity index (χ1v) is 8.24. The maximum Gasteiger partial charge on any atom is 0.248 e. The molecule has 0 atom stereocenters. The van der Waals surface area contributed by atoms with Crippen LogP contribution in [0.5, 0.6) is 0 Å². The number of amides is 1. The van der Waals surface area contributed by atoms with Gasteiger partial charge in [-0.1, -0.05) is 66.7 Å². The summed E-state index contributed by atoms with van der Waals surface area (Å²) in [7, 11) is 0. The molecule has 0 aliphatic rings. The van der Waals surface area contributed by atoms with E-state index in [0.29, 0.717) is 17.2 Å². The Balaban J connectivity index is 1.69. The van der Waals surface area contributed by atoms with E-state index in [1.54, 1.807) is 12.1 Å². The monoisotopic (exact) mass is 341 g/mol. The Morgan fingerprint density at radius 3 is 2.31 bits per heavy atom. The van der Waals surface area contributed by atoms with Crippen LogP contribution in [0.3, 0.4) is 0 Å². The molecular formula is C22H19N3O. The number of rotatable bonds is 5. The van der Waals surface area contributed by atoms with Crippen LogP contribution in [0, 0.1) is 0 Å². The van der Waals surface area contributed by atoms with Gasteiger partial charge in [0.25, 0.3) is 0 Å². The van der Waals surface area contributed by atoms with Crippen molar-refractivity contribution in [2.24, 2.45) is 10.7 Å². The maximum absolute atomic E-state index is 12.1. The van der Waals surface area contributed by atoms with Gasteiger partial charge >= 0.3 is 0 Å². The lowest BCUT2D eigenvalue weighted by Gasteiger charge is -2.05. The predicted octanol–water partition coefficient (Wildman–Crippen LogP) is 4.38. The number of nitrogens with one attached hydrogen (secondary N) is 1. The second-order valence-corrected chi connectivity index (χ2v) is 5.65. The summed E-state index contributed by atoms with van der Waals surface area (Å²) in [5.41, 5.74) is 9.20. The minimum atomic E-state index is -0.203. The van der Waals surface area contributed by atoms with Gasteiger partial charge in [0.15, 0.2) is 0 Å². The van der Waals surface area contributed by atoms with E-state index in [4.69, 9.17) is 5.73 Å². The number of nitrogens with two attached hydrogens (primary N) is 1. The standard InChI is InChI=1S/C22H19N3O/c23-22(18-10-5-2-6-11-18)25-20-13-7-12-19(16-20)24-21(26)15-14-17-8-3-1-4-9-17/h1-16H,(H2,23,25)(H,24,26)/b15-14+. The highest BCUT2D eigenvalue weighted by Crippen LogP contribution is 2.19. The highest BCUT2D eigenvalue weighted by molar-refractivity contribution is 6.02. The molecule has 3 aromatic carbocycles. The number of anilines is 1. The van der Waals surface area contributed by atoms with Crippen molar-refractivity contribution in [2.75, 3.05) is 5.32 Å². The molecule has 0 fully saturated rings. The molecule has 0 aliphatic carbocycles. The van der Waals surface area contributed by atoms with E-state index in [9.17, 15) is 4.79 Å². The number of carbonyl (C=O) groups excluding carboxylic acids is 1. The molecule has 4 heteroatoms. The first-order valence-electron chi connectivity index (χ1n) is 8.24. The van der Waals surface area contributed by atoms with Crippen LogP contribution in [0.1, 0.15) is 11.1 Å². The summed E-state index contributed by atoms with van der Waals surface area (Å²) in [6, 6.07) is 26.5. The quantitative estimate of drug-likeness (QED) is 0.411. The Morgan fingerprint density at radius 2 is 1.58 bits per heavy atom. The average molecular weight is 341 g/mol. The van der Waals surface area contributed by atoms with Crippen molar-refractivity contribution in [1.82, 2.24) is 0 Å². The Kier molecular flexibility index (Phi) is 5.58. The van der Waals surface area contributed by atoms with Gasteiger partial charge in [-0.2, -0.15) is 0 Å². The molecule has 0 radical (unpaired) electrons. The molecule has 0 aromatic heterocycles. The number of hydrogen-bond donors (Lipinski definition) is 2. The summed E-state index contributed by atoms with van der Waals surface area (Å²) >= 11 is 0. The van der Waals surface area contributed by atoms with Crippen LogP contribution in [0.25, 0.3) is 6.08 Å². The molecule has 26 heavy (non-hydrogen) atoms. The zero-order valence-electron chi connectivity index (χ0n) is 14.2. The van der Waals surface area contributed by atoms with E-state index < -0.39 is 0 Å².